The van der Waals surface area contributed by atoms with Crippen LogP contribution in [0.15, 0.2) is 16.3 Å². The number of sulfonamides is 1. The quantitative estimate of drug-likeness (QED) is 0.727. The predicted molar refractivity (Wildman–Crippen MR) is 81.4 cm³/mol. The first-order valence-corrected chi connectivity index (χ1v) is 8.64. The number of rotatable bonds is 5. The summed E-state index contributed by atoms with van der Waals surface area (Å²) in [5, 5.41) is 1.39. The van der Waals surface area contributed by atoms with Gasteiger partial charge in [-0.2, -0.15) is 9.97 Å². The first-order chi connectivity index (χ1) is 11.3. The smallest absolute Gasteiger partial charge is 0.349 e. The Morgan fingerprint density at radius 2 is 1.92 bits per heavy atom. The van der Waals surface area contributed by atoms with Crippen LogP contribution in [0.2, 0.25) is 0 Å². The van der Waals surface area contributed by atoms with Crippen LogP contribution in [0.1, 0.15) is 26.1 Å². The van der Waals surface area contributed by atoms with Crippen LogP contribution in [0, 0.1) is 6.92 Å². The fourth-order valence-electron chi connectivity index (χ4n) is 1.62. The van der Waals surface area contributed by atoms with Crippen molar-refractivity contribution in [3.8, 4) is 6.01 Å². The van der Waals surface area contributed by atoms with Crippen LogP contribution in [0.3, 0.4) is 0 Å². The summed E-state index contributed by atoms with van der Waals surface area (Å²) in [5.74, 6) is -2.16. The molecule has 12 heteroatoms. The maximum atomic E-state index is 12.3. The number of nitrogens with zero attached hydrogens (tertiary/aromatic N) is 3. The van der Waals surface area contributed by atoms with Crippen LogP contribution < -0.4 is 9.46 Å². The molecule has 128 valence electrons. The van der Waals surface area contributed by atoms with E-state index >= 15 is 0 Å². The van der Waals surface area contributed by atoms with E-state index in [1.807, 2.05) is 0 Å². The summed E-state index contributed by atoms with van der Waals surface area (Å²) in [6, 6.07) is 1.06. The molecule has 0 aliphatic carbocycles. The second kappa shape index (κ2) is 6.88. The Morgan fingerprint density at radius 3 is 2.54 bits per heavy atom. The summed E-state index contributed by atoms with van der Waals surface area (Å²) in [7, 11) is -1.90. The van der Waals surface area contributed by atoms with Gasteiger partial charge in [-0.15, -0.1) is 11.3 Å². The zero-order valence-corrected chi connectivity index (χ0v) is 14.4. The highest BCUT2D eigenvalue weighted by Crippen LogP contribution is 2.22. The second-order valence-electron chi connectivity index (χ2n) is 4.23. The average molecular weight is 372 g/mol. The number of thiophene rings is 1. The Morgan fingerprint density at radius 1 is 1.21 bits per heavy atom. The molecule has 0 aliphatic rings. The molecule has 0 aliphatic heterocycles. The molecule has 2 aromatic rings. The number of hydrogen-bond acceptors (Lipinski definition) is 10. The number of carbonyl (C=O) groups excluding carboxylic acids is 2. The molecule has 10 nitrogen and oxygen atoms in total. The summed E-state index contributed by atoms with van der Waals surface area (Å²) in [6.07, 6.45) is 0. The number of ether oxygens (including phenoxy) is 2. The normalized spacial score (nSPS) is 11.0. The van der Waals surface area contributed by atoms with Crippen LogP contribution >= 0.6 is 11.3 Å². The minimum absolute atomic E-state index is 0.129. The van der Waals surface area contributed by atoms with Gasteiger partial charge in [0.25, 0.3) is 10.0 Å². The van der Waals surface area contributed by atoms with Gasteiger partial charge in [-0.25, -0.2) is 22.9 Å². The molecule has 0 aromatic carbocycles. The van der Waals surface area contributed by atoms with Crippen molar-refractivity contribution >= 4 is 33.2 Å². The third-order valence-corrected chi connectivity index (χ3v) is 5.03. The summed E-state index contributed by atoms with van der Waals surface area (Å²) in [5.41, 5.74) is 0. The summed E-state index contributed by atoms with van der Waals surface area (Å²) < 4.78 is 35.8. The number of aromatic nitrogens is 3. The van der Waals surface area contributed by atoms with E-state index in [1.165, 1.54) is 25.5 Å². The molecular weight excluding hydrogens is 360 g/mol. The van der Waals surface area contributed by atoms with Crippen molar-refractivity contribution in [1.82, 2.24) is 19.7 Å². The minimum atomic E-state index is -4.31. The molecule has 0 atom stereocenters. The van der Waals surface area contributed by atoms with Crippen molar-refractivity contribution < 1.29 is 27.5 Å². The number of nitrogens with one attached hydrogen (secondary N) is 1. The molecule has 0 spiro atoms. The molecule has 2 aromatic heterocycles. The first-order valence-electron chi connectivity index (χ1n) is 6.28. The first kappa shape index (κ1) is 17.7. The standard InChI is InChI=1S/C12H12N4O6S2/c1-6-13-9(15-12(14-6)22-3)10(17)16-24(19,20)7-4-5-23-8(7)11(18)21-2/h4-5H,1-3H3,(H,16,17). The monoisotopic (exact) mass is 372 g/mol. The molecule has 24 heavy (non-hydrogen) atoms. The van der Waals surface area contributed by atoms with Gasteiger partial charge >= 0.3 is 17.9 Å². The lowest BCUT2D eigenvalue weighted by Gasteiger charge is -2.07. The minimum Gasteiger partial charge on any atom is -0.467 e. The van der Waals surface area contributed by atoms with Crippen molar-refractivity contribution in [2.24, 2.45) is 0 Å². The third-order valence-electron chi connectivity index (χ3n) is 2.63. The maximum absolute atomic E-state index is 12.3. The molecule has 1 N–H and O–H groups in total. The van der Waals surface area contributed by atoms with Gasteiger partial charge in [-0.1, -0.05) is 0 Å². The molecule has 2 heterocycles. The lowest BCUT2D eigenvalue weighted by molar-refractivity contribution is 0.0602. The van der Waals surface area contributed by atoms with Crippen molar-refractivity contribution in [3.63, 3.8) is 0 Å². The highest BCUT2D eigenvalue weighted by molar-refractivity contribution is 7.90. The van der Waals surface area contributed by atoms with E-state index in [0.29, 0.717) is 0 Å². The van der Waals surface area contributed by atoms with E-state index in [1.54, 1.807) is 4.72 Å². The zero-order valence-electron chi connectivity index (χ0n) is 12.8. The van der Waals surface area contributed by atoms with Gasteiger partial charge in [-0.3, -0.25) is 4.79 Å². The summed E-state index contributed by atoms with van der Waals surface area (Å²) in [6.45, 7) is 1.49. The summed E-state index contributed by atoms with van der Waals surface area (Å²) in [4.78, 5) is 34.4. The molecular formula is C12H12N4O6S2. The van der Waals surface area contributed by atoms with Gasteiger partial charge in [0.1, 0.15) is 15.6 Å². The SMILES string of the molecule is COC(=O)c1sccc1S(=O)(=O)NC(=O)c1nc(C)nc(OC)n1. The van der Waals surface area contributed by atoms with Gasteiger partial charge < -0.3 is 9.47 Å². The van der Waals surface area contributed by atoms with Crippen LogP contribution in [0.4, 0.5) is 0 Å². The molecule has 0 unspecified atom stereocenters. The van der Waals surface area contributed by atoms with E-state index in [4.69, 9.17) is 4.74 Å². The highest BCUT2D eigenvalue weighted by atomic mass is 32.2. The Hall–Kier alpha value is -2.60. The maximum Gasteiger partial charge on any atom is 0.349 e. The molecule has 0 fully saturated rings. The lowest BCUT2D eigenvalue weighted by atomic mass is 10.5. The number of carbonyl (C=O) groups is 2. The highest BCUT2D eigenvalue weighted by Gasteiger charge is 2.28. The van der Waals surface area contributed by atoms with Crippen molar-refractivity contribution in [3.05, 3.63) is 28.0 Å². The number of esters is 1. The molecule has 0 saturated carbocycles. The Labute approximate surface area is 140 Å². The van der Waals surface area contributed by atoms with Crippen LogP contribution in [0.5, 0.6) is 6.01 Å². The van der Waals surface area contributed by atoms with E-state index in [9.17, 15) is 18.0 Å². The van der Waals surface area contributed by atoms with E-state index < -0.39 is 27.7 Å². The van der Waals surface area contributed by atoms with E-state index in [-0.39, 0.29) is 21.6 Å². The van der Waals surface area contributed by atoms with Gasteiger partial charge in [0, 0.05) is 0 Å². The van der Waals surface area contributed by atoms with Crippen LogP contribution in [-0.2, 0) is 14.8 Å². The van der Waals surface area contributed by atoms with Crippen molar-refractivity contribution in [2.75, 3.05) is 14.2 Å². The number of hydrogen-bond donors (Lipinski definition) is 1. The zero-order chi connectivity index (χ0) is 17.9. The number of amides is 1. The lowest BCUT2D eigenvalue weighted by Crippen LogP contribution is -2.32. The Kier molecular flexibility index (Phi) is 5.09. The average Bonchev–Trinajstić information content (AvgIpc) is 3.03. The fraction of sp³-hybridized carbons (Fsp3) is 0.250. The van der Waals surface area contributed by atoms with Crippen molar-refractivity contribution in [1.29, 1.82) is 0 Å². The van der Waals surface area contributed by atoms with E-state index in [0.717, 1.165) is 18.4 Å². The van der Waals surface area contributed by atoms with E-state index in [2.05, 4.69) is 19.7 Å². The molecule has 0 saturated heterocycles. The Bertz CT molecular complexity index is 893. The predicted octanol–water partition coefficient (Wildman–Crippen LogP) is 0.155. The van der Waals surface area contributed by atoms with Crippen LogP contribution in [-0.4, -0.2) is 49.5 Å². The Balaban J connectivity index is 2.33. The fourth-order valence-corrected chi connectivity index (χ4v) is 3.91. The topological polar surface area (TPSA) is 137 Å². The van der Waals surface area contributed by atoms with Crippen molar-refractivity contribution in [2.45, 2.75) is 11.8 Å². The van der Waals surface area contributed by atoms with Gasteiger partial charge in [0.2, 0.25) is 5.82 Å². The van der Waals surface area contributed by atoms with Gasteiger partial charge in [0.05, 0.1) is 14.2 Å². The molecule has 0 bridgehead atoms. The summed E-state index contributed by atoms with van der Waals surface area (Å²) >= 11 is 0.874. The second-order valence-corrected chi connectivity index (χ2v) is 6.80. The number of aryl methyl sites for hydroxylation is 1. The molecule has 1 amide bonds. The van der Waals surface area contributed by atoms with Gasteiger partial charge in [-0.05, 0) is 18.4 Å². The molecule has 2 rings (SSSR count). The molecule has 0 radical (unpaired) electrons. The third kappa shape index (κ3) is 3.65. The number of methoxy groups -OCH3 is 2. The van der Waals surface area contributed by atoms with Crippen LogP contribution in [0.25, 0.3) is 0 Å². The largest absolute Gasteiger partial charge is 0.467 e. The van der Waals surface area contributed by atoms with Gasteiger partial charge in [0.15, 0.2) is 0 Å².